The van der Waals surface area contributed by atoms with E-state index in [1.807, 2.05) is 6.92 Å². The molecular weight excluding hydrogens is 416 g/mol. The van der Waals surface area contributed by atoms with Gasteiger partial charge >= 0.3 is 0 Å². The van der Waals surface area contributed by atoms with Crippen LogP contribution in [-0.4, -0.2) is 60.4 Å². The van der Waals surface area contributed by atoms with Gasteiger partial charge in [-0.2, -0.15) is 4.31 Å². The lowest BCUT2D eigenvalue weighted by Gasteiger charge is -2.31. The quantitative estimate of drug-likeness (QED) is 0.577. The molecule has 31 heavy (non-hydrogen) atoms. The first-order valence-electron chi connectivity index (χ1n) is 11.3. The minimum atomic E-state index is -3.56. The highest BCUT2D eigenvalue weighted by molar-refractivity contribution is 7.89. The molecule has 0 N–H and O–H groups in total. The Morgan fingerprint density at radius 2 is 1.87 bits per heavy atom. The van der Waals surface area contributed by atoms with Gasteiger partial charge in [0.25, 0.3) is 0 Å². The van der Waals surface area contributed by atoms with Crippen LogP contribution in [0.15, 0.2) is 29.2 Å². The maximum Gasteiger partial charge on any atom is 0.243 e. The molecule has 2 aromatic rings. The molecule has 4 rings (SSSR count). The maximum atomic E-state index is 13.3. The van der Waals surface area contributed by atoms with Crippen LogP contribution in [0.25, 0.3) is 0 Å². The van der Waals surface area contributed by atoms with Gasteiger partial charge < -0.3 is 14.0 Å². The van der Waals surface area contributed by atoms with Crippen molar-refractivity contribution in [2.75, 3.05) is 32.9 Å². The van der Waals surface area contributed by atoms with Crippen molar-refractivity contribution in [1.82, 2.24) is 19.1 Å². The number of benzene rings is 1. The molecule has 1 aromatic heterocycles. The van der Waals surface area contributed by atoms with E-state index >= 15 is 0 Å². The van der Waals surface area contributed by atoms with Gasteiger partial charge in [-0.15, -0.1) is 10.2 Å². The van der Waals surface area contributed by atoms with E-state index in [1.165, 1.54) is 6.42 Å². The largest absolute Gasteiger partial charge is 0.491 e. The van der Waals surface area contributed by atoms with Crippen molar-refractivity contribution < 1.29 is 17.9 Å². The summed E-state index contributed by atoms with van der Waals surface area (Å²) in [4.78, 5) is 0.297. The molecule has 0 aliphatic carbocycles. The molecule has 0 bridgehead atoms. The number of hydrogen-bond donors (Lipinski definition) is 0. The molecule has 9 heteroatoms. The first-order valence-corrected chi connectivity index (χ1v) is 12.8. The fourth-order valence-electron chi connectivity index (χ4n) is 4.40. The van der Waals surface area contributed by atoms with E-state index in [0.717, 1.165) is 50.3 Å². The Hall–Kier alpha value is -1.97. The third kappa shape index (κ3) is 5.10. The molecule has 1 aromatic carbocycles. The number of ether oxygens (including phenoxy) is 2. The molecule has 0 amide bonds. The van der Waals surface area contributed by atoms with Gasteiger partial charge in [-0.3, -0.25) is 0 Å². The second kappa shape index (κ2) is 10.1. The van der Waals surface area contributed by atoms with Gasteiger partial charge in [-0.05, 0) is 56.9 Å². The number of aryl methyl sites for hydroxylation is 1. The summed E-state index contributed by atoms with van der Waals surface area (Å²) < 4.78 is 41.3. The maximum absolute atomic E-state index is 13.3. The summed E-state index contributed by atoms with van der Waals surface area (Å²) in [6, 6.07) is 6.66. The van der Waals surface area contributed by atoms with Crippen LogP contribution in [-0.2, 0) is 27.7 Å². The van der Waals surface area contributed by atoms with Crippen molar-refractivity contribution in [2.45, 2.75) is 62.8 Å². The highest BCUT2D eigenvalue weighted by Crippen LogP contribution is 2.31. The number of nitrogens with zero attached hydrogens (tertiary/aromatic N) is 4. The molecule has 8 nitrogen and oxygen atoms in total. The van der Waals surface area contributed by atoms with Crippen molar-refractivity contribution in [2.24, 2.45) is 0 Å². The van der Waals surface area contributed by atoms with Gasteiger partial charge in [-0.1, -0.05) is 6.42 Å². The van der Waals surface area contributed by atoms with Crippen LogP contribution < -0.4 is 4.74 Å². The standard InChI is InChI=1S/C22H32N4O4S/c1-2-29-15-16-30-19-9-11-20(12-10-19)31(27,28)25-13-6-7-18(17-25)22-24-23-21-8-4-3-5-14-26(21)22/h9-12,18H,2-8,13-17H2,1H3. The third-order valence-electron chi connectivity index (χ3n) is 6.05. The van der Waals surface area contributed by atoms with Crippen molar-refractivity contribution in [3.8, 4) is 5.75 Å². The minimum Gasteiger partial charge on any atom is -0.491 e. The van der Waals surface area contributed by atoms with Gasteiger partial charge in [0, 0.05) is 38.6 Å². The molecule has 1 saturated heterocycles. The Balaban J connectivity index is 1.44. The SMILES string of the molecule is CCOCCOc1ccc(S(=O)(=O)N2CCCC(c3nnc4n3CCCCC4)C2)cc1. The second-order valence-electron chi connectivity index (χ2n) is 8.16. The Morgan fingerprint density at radius 1 is 1.03 bits per heavy atom. The fraction of sp³-hybridized carbons (Fsp3) is 0.636. The molecule has 2 aliphatic heterocycles. The summed E-state index contributed by atoms with van der Waals surface area (Å²) in [5.74, 6) is 2.73. The zero-order valence-electron chi connectivity index (χ0n) is 18.2. The molecule has 1 fully saturated rings. The molecule has 1 atom stereocenters. The number of fused-ring (bicyclic) bond motifs is 1. The Morgan fingerprint density at radius 3 is 2.68 bits per heavy atom. The Labute approximate surface area is 184 Å². The lowest BCUT2D eigenvalue weighted by Crippen LogP contribution is -2.39. The van der Waals surface area contributed by atoms with Crippen molar-refractivity contribution in [3.05, 3.63) is 35.9 Å². The predicted molar refractivity (Wildman–Crippen MR) is 117 cm³/mol. The minimum absolute atomic E-state index is 0.0871. The van der Waals surface area contributed by atoms with E-state index in [-0.39, 0.29) is 5.92 Å². The zero-order valence-corrected chi connectivity index (χ0v) is 19.0. The normalized spacial score (nSPS) is 20.2. The van der Waals surface area contributed by atoms with E-state index in [2.05, 4.69) is 14.8 Å². The lowest BCUT2D eigenvalue weighted by molar-refractivity contribution is 0.110. The van der Waals surface area contributed by atoms with Crippen LogP contribution in [0.4, 0.5) is 0 Å². The highest BCUT2D eigenvalue weighted by atomic mass is 32.2. The summed E-state index contributed by atoms with van der Waals surface area (Å²) in [7, 11) is -3.56. The van der Waals surface area contributed by atoms with Gasteiger partial charge in [-0.25, -0.2) is 8.42 Å². The molecule has 170 valence electrons. The molecule has 1 unspecified atom stereocenters. The van der Waals surface area contributed by atoms with E-state index in [4.69, 9.17) is 9.47 Å². The number of hydrogen-bond acceptors (Lipinski definition) is 6. The van der Waals surface area contributed by atoms with Crippen molar-refractivity contribution in [1.29, 1.82) is 0 Å². The second-order valence-corrected chi connectivity index (χ2v) is 10.1. The molecule has 0 radical (unpaired) electrons. The summed E-state index contributed by atoms with van der Waals surface area (Å²) in [5.41, 5.74) is 0. The molecule has 2 aliphatic rings. The Kier molecular flexibility index (Phi) is 7.24. The van der Waals surface area contributed by atoms with E-state index in [0.29, 0.717) is 43.6 Å². The average molecular weight is 449 g/mol. The molecule has 0 spiro atoms. The molecule has 3 heterocycles. The lowest BCUT2D eigenvalue weighted by atomic mass is 9.99. The van der Waals surface area contributed by atoms with Crippen LogP contribution in [0.1, 0.15) is 56.6 Å². The number of aromatic nitrogens is 3. The highest BCUT2D eigenvalue weighted by Gasteiger charge is 2.33. The van der Waals surface area contributed by atoms with E-state index in [1.54, 1.807) is 28.6 Å². The summed E-state index contributed by atoms with van der Waals surface area (Å²) in [5, 5.41) is 8.88. The van der Waals surface area contributed by atoms with Crippen molar-refractivity contribution in [3.63, 3.8) is 0 Å². The van der Waals surface area contributed by atoms with Gasteiger partial charge in [0.1, 0.15) is 24.0 Å². The van der Waals surface area contributed by atoms with Crippen LogP contribution in [0, 0.1) is 0 Å². The van der Waals surface area contributed by atoms with Gasteiger partial charge in [0.2, 0.25) is 10.0 Å². The number of rotatable bonds is 8. The van der Waals surface area contributed by atoms with Crippen LogP contribution in [0.3, 0.4) is 0 Å². The predicted octanol–water partition coefficient (Wildman–Crippen LogP) is 2.99. The summed E-state index contributed by atoms with van der Waals surface area (Å²) >= 11 is 0. The number of sulfonamides is 1. The first-order chi connectivity index (χ1) is 15.1. The Bertz CT molecular complexity index is 958. The van der Waals surface area contributed by atoms with Crippen LogP contribution in [0.5, 0.6) is 5.75 Å². The smallest absolute Gasteiger partial charge is 0.243 e. The molecular formula is C22H32N4O4S. The van der Waals surface area contributed by atoms with Gasteiger partial charge in [0.15, 0.2) is 0 Å². The first kappa shape index (κ1) is 22.2. The van der Waals surface area contributed by atoms with E-state index < -0.39 is 10.0 Å². The topological polar surface area (TPSA) is 86.6 Å². The summed E-state index contributed by atoms with van der Waals surface area (Å²) in [6.07, 6.45) is 6.21. The summed E-state index contributed by atoms with van der Waals surface area (Å²) in [6.45, 7) is 5.46. The van der Waals surface area contributed by atoms with Gasteiger partial charge in [0.05, 0.1) is 11.5 Å². The zero-order chi connectivity index (χ0) is 21.7. The van der Waals surface area contributed by atoms with Crippen LogP contribution >= 0.6 is 0 Å². The van der Waals surface area contributed by atoms with Crippen LogP contribution in [0.2, 0.25) is 0 Å². The monoisotopic (exact) mass is 448 g/mol. The fourth-order valence-corrected chi connectivity index (χ4v) is 5.92. The average Bonchev–Trinajstić information content (AvgIpc) is 3.05. The van der Waals surface area contributed by atoms with Crippen molar-refractivity contribution >= 4 is 10.0 Å². The number of piperidine rings is 1. The molecule has 0 saturated carbocycles. The van der Waals surface area contributed by atoms with E-state index in [9.17, 15) is 8.42 Å². The third-order valence-corrected chi connectivity index (χ3v) is 7.93.